The monoisotopic (exact) mass is 400 g/mol. The van der Waals surface area contributed by atoms with Crippen LogP contribution in [0.3, 0.4) is 0 Å². The molecule has 0 unspecified atom stereocenters. The average molecular weight is 400 g/mol. The lowest BCUT2D eigenvalue weighted by atomic mass is 9.98. The molecule has 0 aliphatic heterocycles. The van der Waals surface area contributed by atoms with Gasteiger partial charge < -0.3 is 15.0 Å². The van der Waals surface area contributed by atoms with Gasteiger partial charge in [-0.3, -0.25) is 0 Å². The second-order valence-corrected chi connectivity index (χ2v) is 7.71. The highest BCUT2D eigenvalue weighted by Gasteiger charge is 2.29. The largest absolute Gasteiger partial charge is 0.446 e. The molecule has 0 aromatic carbocycles. The van der Waals surface area contributed by atoms with Crippen LogP contribution in [0.15, 0.2) is 30.6 Å². The summed E-state index contributed by atoms with van der Waals surface area (Å²) >= 11 is 0. The van der Waals surface area contributed by atoms with Crippen molar-refractivity contribution in [3.05, 3.63) is 47.9 Å². The molecule has 152 valence electrons. The predicted molar refractivity (Wildman–Crippen MR) is 104 cm³/mol. The van der Waals surface area contributed by atoms with Crippen LogP contribution in [-0.2, 0) is 4.74 Å². The van der Waals surface area contributed by atoms with E-state index >= 15 is 0 Å². The summed E-state index contributed by atoms with van der Waals surface area (Å²) < 4.78 is 32.9. The molecule has 1 aliphatic rings. The maximum atomic E-state index is 14.0. The van der Waals surface area contributed by atoms with Crippen LogP contribution in [0.5, 0.6) is 0 Å². The van der Waals surface area contributed by atoms with Crippen LogP contribution in [0.2, 0.25) is 0 Å². The second kappa shape index (κ2) is 7.77. The molecule has 4 rings (SSSR count). The Morgan fingerprint density at radius 1 is 1.21 bits per heavy atom. The lowest BCUT2D eigenvalue weighted by molar-refractivity contribution is 0.0982. The molecular weight excluding hydrogens is 378 g/mol. The molecule has 3 aromatic heterocycles. The fourth-order valence-electron chi connectivity index (χ4n) is 3.79. The Kier molecular flexibility index (Phi) is 5.17. The average Bonchev–Trinajstić information content (AvgIpc) is 3.29. The van der Waals surface area contributed by atoms with E-state index in [-0.39, 0.29) is 29.7 Å². The zero-order valence-corrected chi connectivity index (χ0v) is 16.2. The molecule has 1 amide bonds. The van der Waals surface area contributed by atoms with E-state index in [2.05, 4.69) is 20.3 Å². The van der Waals surface area contributed by atoms with E-state index in [1.807, 2.05) is 19.9 Å². The van der Waals surface area contributed by atoms with Crippen molar-refractivity contribution in [3.63, 3.8) is 0 Å². The summed E-state index contributed by atoms with van der Waals surface area (Å²) in [6.45, 7) is 3.77. The molecule has 2 atom stereocenters. The topological polar surface area (TPSA) is 79.9 Å². The number of rotatable bonds is 4. The number of carbonyl (C=O) groups is 1. The molecule has 0 spiro atoms. The van der Waals surface area contributed by atoms with Gasteiger partial charge in [-0.2, -0.15) is 4.39 Å². The van der Waals surface area contributed by atoms with Crippen LogP contribution < -0.4 is 5.32 Å². The number of nitrogens with zero attached hydrogens (tertiary/aromatic N) is 2. The number of ether oxygens (including phenoxy) is 1. The Hall–Kier alpha value is -3.03. The summed E-state index contributed by atoms with van der Waals surface area (Å²) in [5.74, 6) is -1.11. The third-order valence-electron chi connectivity index (χ3n) is 5.14. The van der Waals surface area contributed by atoms with Gasteiger partial charge in [-0.25, -0.2) is 19.2 Å². The van der Waals surface area contributed by atoms with Crippen molar-refractivity contribution < 1.29 is 18.3 Å². The number of halogens is 2. The fraction of sp³-hybridized carbons (Fsp3) is 0.381. The van der Waals surface area contributed by atoms with E-state index in [0.29, 0.717) is 11.3 Å². The van der Waals surface area contributed by atoms with Crippen molar-refractivity contribution in [1.82, 2.24) is 20.3 Å². The van der Waals surface area contributed by atoms with Crippen molar-refractivity contribution in [3.8, 4) is 11.3 Å². The minimum Gasteiger partial charge on any atom is -0.446 e. The number of pyridine rings is 2. The number of hydrogen-bond donors (Lipinski definition) is 2. The number of H-pyrrole nitrogens is 1. The number of aromatic nitrogens is 3. The van der Waals surface area contributed by atoms with Gasteiger partial charge in [0.25, 0.3) is 0 Å². The number of alkyl carbamates (subject to hydrolysis) is 1. The van der Waals surface area contributed by atoms with Crippen molar-refractivity contribution in [2.24, 2.45) is 0 Å². The highest BCUT2D eigenvalue weighted by molar-refractivity contribution is 5.83. The van der Waals surface area contributed by atoms with Crippen LogP contribution in [0.1, 0.15) is 44.6 Å². The van der Waals surface area contributed by atoms with Crippen molar-refractivity contribution >= 4 is 17.1 Å². The molecule has 3 aromatic rings. The van der Waals surface area contributed by atoms with E-state index in [1.54, 1.807) is 12.3 Å². The Balaban J connectivity index is 1.51. The number of aromatic amines is 1. The maximum Gasteiger partial charge on any atom is 0.407 e. The van der Waals surface area contributed by atoms with Crippen LogP contribution in [-0.4, -0.2) is 33.2 Å². The summed E-state index contributed by atoms with van der Waals surface area (Å²) in [6.07, 6.45) is 4.57. The predicted octanol–water partition coefficient (Wildman–Crippen LogP) is 4.67. The smallest absolute Gasteiger partial charge is 0.407 e. The van der Waals surface area contributed by atoms with E-state index in [9.17, 15) is 13.6 Å². The molecule has 2 N–H and O–H groups in total. The van der Waals surface area contributed by atoms with Gasteiger partial charge in [0.2, 0.25) is 5.95 Å². The zero-order valence-electron chi connectivity index (χ0n) is 16.2. The van der Waals surface area contributed by atoms with E-state index in [4.69, 9.17) is 4.74 Å². The molecule has 1 aliphatic carbocycles. The minimum atomic E-state index is -0.743. The summed E-state index contributed by atoms with van der Waals surface area (Å²) in [5, 5.41) is 3.55. The number of fused-ring (bicyclic) bond motifs is 1. The SMILES string of the molecule is CC(C)NC(=O)O[C@@H]1CC[C@H](c2cnc3[nH]c(-c4cc(F)ncc4F)cc3c2)C1. The molecule has 0 radical (unpaired) electrons. The first-order chi connectivity index (χ1) is 13.9. The molecule has 3 heterocycles. The fourth-order valence-corrected chi connectivity index (χ4v) is 3.79. The molecule has 0 bridgehead atoms. The molecule has 6 nitrogen and oxygen atoms in total. The van der Waals surface area contributed by atoms with Gasteiger partial charge in [0.15, 0.2) is 5.82 Å². The van der Waals surface area contributed by atoms with Gasteiger partial charge in [-0.05, 0) is 56.7 Å². The van der Waals surface area contributed by atoms with Crippen LogP contribution in [0, 0.1) is 11.8 Å². The normalized spacial score (nSPS) is 19.1. The first-order valence-electron chi connectivity index (χ1n) is 9.66. The molecule has 1 saturated carbocycles. The molecule has 29 heavy (non-hydrogen) atoms. The number of hydrogen-bond acceptors (Lipinski definition) is 4. The minimum absolute atomic E-state index is 0.0350. The van der Waals surface area contributed by atoms with Gasteiger partial charge in [-0.1, -0.05) is 0 Å². The standard InChI is InChI=1S/C21H22F2N4O2/c1-11(2)26-21(28)29-15-4-3-12(6-15)14-5-13-7-18(27-20(13)25-9-14)16-8-19(23)24-10-17(16)22/h5,7-12,15H,3-4,6H2,1-2H3,(H,25,27)(H,26,28)/t12-,15+/m0/s1. The highest BCUT2D eigenvalue weighted by Crippen LogP contribution is 2.37. The number of nitrogens with one attached hydrogen (secondary N) is 2. The lowest BCUT2D eigenvalue weighted by Gasteiger charge is -2.15. The van der Waals surface area contributed by atoms with Gasteiger partial charge >= 0.3 is 6.09 Å². The second-order valence-electron chi connectivity index (χ2n) is 7.71. The van der Waals surface area contributed by atoms with E-state index < -0.39 is 11.8 Å². The first kappa shape index (κ1) is 19.3. The summed E-state index contributed by atoms with van der Waals surface area (Å²) in [5.41, 5.74) is 2.20. The van der Waals surface area contributed by atoms with Crippen molar-refractivity contribution in [2.45, 2.75) is 51.2 Å². The molecule has 8 heteroatoms. The summed E-state index contributed by atoms with van der Waals surface area (Å²) in [4.78, 5) is 22.6. The van der Waals surface area contributed by atoms with Gasteiger partial charge in [-0.15, -0.1) is 0 Å². The third-order valence-corrected chi connectivity index (χ3v) is 5.14. The quantitative estimate of drug-likeness (QED) is 0.624. The van der Waals surface area contributed by atoms with Gasteiger partial charge in [0, 0.05) is 29.3 Å². The van der Waals surface area contributed by atoms with Gasteiger partial charge in [0.05, 0.1) is 11.9 Å². The lowest BCUT2D eigenvalue weighted by Crippen LogP contribution is -2.33. The van der Waals surface area contributed by atoms with E-state index in [0.717, 1.165) is 42.5 Å². The van der Waals surface area contributed by atoms with Gasteiger partial charge in [0.1, 0.15) is 11.8 Å². The Morgan fingerprint density at radius 2 is 2.03 bits per heavy atom. The number of amides is 1. The van der Waals surface area contributed by atoms with Crippen molar-refractivity contribution in [1.29, 1.82) is 0 Å². The van der Waals surface area contributed by atoms with Crippen molar-refractivity contribution in [2.75, 3.05) is 0 Å². The van der Waals surface area contributed by atoms with E-state index in [1.165, 1.54) is 0 Å². The van der Waals surface area contributed by atoms with Crippen LogP contribution in [0.25, 0.3) is 22.3 Å². The highest BCUT2D eigenvalue weighted by atomic mass is 19.1. The van der Waals surface area contributed by atoms with Crippen LogP contribution >= 0.6 is 0 Å². The Labute approximate surface area is 166 Å². The number of carbonyl (C=O) groups excluding carboxylic acids is 1. The first-order valence-corrected chi connectivity index (χ1v) is 9.66. The maximum absolute atomic E-state index is 14.0. The summed E-state index contributed by atoms with van der Waals surface area (Å²) in [7, 11) is 0. The summed E-state index contributed by atoms with van der Waals surface area (Å²) in [6, 6.07) is 4.84. The molecule has 0 saturated heterocycles. The van der Waals surface area contributed by atoms with Crippen LogP contribution in [0.4, 0.5) is 13.6 Å². The Bertz CT molecular complexity index is 1050. The zero-order chi connectivity index (χ0) is 20.5. The Morgan fingerprint density at radius 3 is 2.83 bits per heavy atom. The molecule has 1 fully saturated rings. The third kappa shape index (κ3) is 4.21. The molecular formula is C21H22F2N4O2.